The largest absolute Gasteiger partial charge is 0.461 e. The number of carbonyl (C=O) groups is 3. The van der Waals surface area contributed by atoms with Crippen molar-refractivity contribution in [3.8, 4) is 12.3 Å². The Morgan fingerprint density at radius 3 is 1.06 bits per heavy atom. The van der Waals surface area contributed by atoms with E-state index in [2.05, 4.69) is 26.5 Å². The Labute approximate surface area is 395 Å². The van der Waals surface area contributed by atoms with Crippen LogP contribution in [-0.4, -0.2) is 47.9 Å². The lowest BCUT2D eigenvalue weighted by atomic mass is 10.1. The van der Waals surface area contributed by atoms with E-state index >= 15 is 0 Å². The van der Waals surface area contributed by atoms with Crippen LogP contribution in [-0.2, 0) is 74.3 Å². The molecule has 0 saturated heterocycles. The third-order valence-corrected chi connectivity index (χ3v) is 9.88. The van der Waals surface area contributed by atoms with E-state index < -0.39 is 0 Å². The number of aromatic nitrogens is 6. The first kappa shape index (κ1) is 52.0. The van der Waals surface area contributed by atoms with Gasteiger partial charge in [0, 0.05) is 31.7 Å². The van der Waals surface area contributed by atoms with E-state index in [4.69, 9.17) is 20.6 Å². The maximum absolute atomic E-state index is 12.1. The van der Waals surface area contributed by atoms with Gasteiger partial charge >= 0.3 is 17.9 Å². The molecule has 7 aromatic rings. The Kier molecular flexibility index (Phi) is 23.1. The molecule has 12 nitrogen and oxygen atoms in total. The van der Waals surface area contributed by atoms with E-state index in [0.717, 1.165) is 39.2 Å². The summed E-state index contributed by atoms with van der Waals surface area (Å²) in [6.07, 6.45) is 10.3. The van der Waals surface area contributed by atoms with Crippen LogP contribution in [0.2, 0.25) is 0 Å². The second-order valence-corrected chi connectivity index (χ2v) is 15.6. The Hall–Kier alpha value is -7.65. The van der Waals surface area contributed by atoms with Crippen molar-refractivity contribution in [1.29, 1.82) is 0 Å². The van der Waals surface area contributed by atoms with Gasteiger partial charge in [-0.2, -0.15) is 0 Å². The molecule has 0 spiro atoms. The number of hydrogen-bond acceptors (Lipinski definition) is 10. The maximum atomic E-state index is 12.1. The fourth-order valence-corrected chi connectivity index (χ4v) is 6.23. The Morgan fingerprint density at radius 1 is 0.478 bits per heavy atom. The molecular formula is C55H62N6O6. The highest BCUT2D eigenvalue weighted by atomic mass is 16.5. The van der Waals surface area contributed by atoms with Gasteiger partial charge in [-0.05, 0) is 27.8 Å². The molecular weight excluding hydrogens is 841 g/mol. The minimum Gasteiger partial charge on any atom is -0.461 e. The molecule has 0 aliphatic heterocycles. The molecule has 2 heterocycles. The van der Waals surface area contributed by atoms with Crippen LogP contribution in [0.5, 0.6) is 0 Å². The minimum atomic E-state index is -0.259. The monoisotopic (exact) mass is 902 g/mol. The molecule has 3 atom stereocenters. The van der Waals surface area contributed by atoms with Gasteiger partial charge in [-0.3, -0.25) is 14.4 Å². The number of ether oxygens (including phenoxy) is 3. The van der Waals surface area contributed by atoms with Gasteiger partial charge in [-0.15, -0.1) is 22.5 Å². The molecule has 0 N–H and O–H groups in total. The third-order valence-electron chi connectivity index (χ3n) is 9.88. The average Bonchev–Trinajstić information content (AvgIpc) is 4.02. The second kappa shape index (κ2) is 29.7. The summed E-state index contributed by atoms with van der Waals surface area (Å²) >= 11 is 0. The van der Waals surface area contributed by atoms with E-state index in [0.29, 0.717) is 52.2 Å². The van der Waals surface area contributed by atoms with Crippen LogP contribution in [0, 0.1) is 30.1 Å². The molecule has 348 valence electrons. The van der Waals surface area contributed by atoms with Gasteiger partial charge in [0.25, 0.3) is 0 Å². The molecule has 0 amide bonds. The number of rotatable bonds is 18. The Morgan fingerprint density at radius 2 is 0.761 bits per heavy atom. The highest BCUT2D eigenvalue weighted by Gasteiger charge is 2.19. The topological polar surface area (TPSA) is 140 Å². The zero-order valence-electron chi connectivity index (χ0n) is 39.2. The summed E-state index contributed by atoms with van der Waals surface area (Å²) in [6, 6.07) is 49.1. The van der Waals surface area contributed by atoms with Gasteiger partial charge in [-0.25, -0.2) is 9.36 Å². The smallest absolute Gasteiger partial charge is 0.309 e. The minimum absolute atomic E-state index is 0.221. The molecule has 12 heteroatoms. The van der Waals surface area contributed by atoms with E-state index in [1.54, 1.807) is 16.3 Å². The fraction of sp³-hybridized carbons (Fsp3) is 0.291. The summed E-state index contributed by atoms with van der Waals surface area (Å²) in [5, 5.41) is 16.6. The number of terminal acetylenes is 1. The summed E-state index contributed by atoms with van der Waals surface area (Å²) in [5.74, 6) is 1.02. The molecule has 0 radical (unpaired) electrons. The summed E-state index contributed by atoms with van der Waals surface area (Å²) in [4.78, 5) is 35.7. The Balaban J connectivity index is 0.000000223. The SMILES string of the molecule is C#CC[C@H](C)C(=O)OCc1ccccc1.CC.C[C@@H](Cc1cn(Cc2ccccc2)nn1)C(=O)OCc1ccccc1.C[C@@H](Cc1cn(Cc2ccccc2)nn1)C(=O)OCc1ccccc1. The lowest BCUT2D eigenvalue weighted by Crippen LogP contribution is -2.17. The lowest BCUT2D eigenvalue weighted by molar-refractivity contribution is -0.150. The molecule has 0 saturated carbocycles. The molecule has 0 aliphatic carbocycles. The normalized spacial score (nSPS) is 11.5. The molecule has 0 fully saturated rings. The summed E-state index contributed by atoms with van der Waals surface area (Å²) in [7, 11) is 0. The third kappa shape index (κ3) is 20.0. The highest BCUT2D eigenvalue weighted by molar-refractivity contribution is 5.73. The zero-order chi connectivity index (χ0) is 48.1. The van der Waals surface area contributed by atoms with Crippen LogP contribution in [0.25, 0.3) is 0 Å². The molecule has 0 bridgehead atoms. The second-order valence-electron chi connectivity index (χ2n) is 15.6. The van der Waals surface area contributed by atoms with Crippen LogP contribution >= 0.6 is 0 Å². The quantitative estimate of drug-likeness (QED) is 0.0464. The summed E-state index contributed by atoms with van der Waals surface area (Å²) in [6.45, 7) is 11.7. The van der Waals surface area contributed by atoms with Crippen molar-refractivity contribution in [1.82, 2.24) is 30.0 Å². The van der Waals surface area contributed by atoms with Crippen molar-refractivity contribution >= 4 is 17.9 Å². The van der Waals surface area contributed by atoms with Gasteiger partial charge in [0.05, 0.1) is 42.2 Å². The number of carbonyl (C=O) groups excluding carboxylic acids is 3. The lowest BCUT2D eigenvalue weighted by Gasteiger charge is -2.10. The number of benzene rings is 5. The predicted octanol–water partition coefficient (Wildman–Crippen LogP) is 9.91. The van der Waals surface area contributed by atoms with Gasteiger partial charge in [0.2, 0.25) is 0 Å². The molecule has 0 aliphatic rings. The van der Waals surface area contributed by atoms with Crippen molar-refractivity contribution in [2.24, 2.45) is 17.8 Å². The van der Waals surface area contributed by atoms with Crippen LogP contribution < -0.4 is 0 Å². The van der Waals surface area contributed by atoms with Crippen LogP contribution in [0.4, 0.5) is 0 Å². The van der Waals surface area contributed by atoms with Crippen molar-refractivity contribution in [2.75, 3.05) is 0 Å². The van der Waals surface area contributed by atoms with Crippen molar-refractivity contribution < 1.29 is 28.6 Å². The van der Waals surface area contributed by atoms with Gasteiger partial charge in [-0.1, -0.05) is 197 Å². The van der Waals surface area contributed by atoms with Gasteiger partial charge in [0.15, 0.2) is 0 Å². The van der Waals surface area contributed by atoms with E-state index in [-0.39, 0.29) is 35.7 Å². The maximum Gasteiger partial charge on any atom is 0.309 e. The van der Waals surface area contributed by atoms with Crippen LogP contribution in [0.1, 0.15) is 80.2 Å². The first-order valence-corrected chi connectivity index (χ1v) is 22.6. The molecule has 67 heavy (non-hydrogen) atoms. The fourth-order valence-electron chi connectivity index (χ4n) is 6.23. The highest BCUT2D eigenvalue weighted by Crippen LogP contribution is 2.13. The standard InChI is InChI=1S/2C20H21N3O2.C13H14O2.C2H6/c2*1-16(20(24)25-15-18-10-6-3-7-11-18)12-19-14-23(22-21-19)13-17-8-4-2-5-9-17;1-3-7-11(2)13(14)15-10-12-8-5-4-6-9-12;1-2/h2*2-11,14,16H,12-13,15H2,1H3;1,4-6,8-9,11H,7,10H2,2H3;1-2H3/t2*16-;11-;/m000./s1. The summed E-state index contributed by atoms with van der Waals surface area (Å²) < 4.78 is 19.4. The molecule has 5 aromatic carbocycles. The van der Waals surface area contributed by atoms with Crippen molar-refractivity contribution in [2.45, 2.75) is 86.8 Å². The van der Waals surface area contributed by atoms with Gasteiger partial charge in [0.1, 0.15) is 19.8 Å². The van der Waals surface area contributed by atoms with E-state index in [1.807, 2.05) is 192 Å². The van der Waals surface area contributed by atoms with Crippen LogP contribution in [0.15, 0.2) is 164 Å². The zero-order valence-corrected chi connectivity index (χ0v) is 39.2. The molecule has 7 rings (SSSR count). The van der Waals surface area contributed by atoms with Crippen molar-refractivity contribution in [3.63, 3.8) is 0 Å². The first-order chi connectivity index (χ1) is 32.6. The Bertz CT molecular complexity index is 2350. The molecule has 0 unspecified atom stereocenters. The number of esters is 3. The number of hydrogen-bond donors (Lipinski definition) is 0. The molecule has 2 aromatic heterocycles. The van der Waals surface area contributed by atoms with Crippen molar-refractivity contribution in [3.05, 3.63) is 203 Å². The summed E-state index contributed by atoms with van der Waals surface area (Å²) in [5.41, 5.74) is 6.86. The van der Waals surface area contributed by atoms with Crippen LogP contribution in [0.3, 0.4) is 0 Å². The number of nitrogens with zero attached hydrogens (tertiary/aromatic N) is 6. The van der Waals surface area contributed by atoms with E-state index in [9.17, 15) is 14.4 Å². The first-order valence-electron chi connectivity index (χ1n) is 22.6. The van der Waals surface area contributed by atoms with Gasteiger partial charge < -0.3 is 14.2 Å². The average molecular weight is 903 g/mol. The predicted molar refractivity (Wildman–Crippen MR) is 260 cm³/mol. The van der Waals surface area contributed by atoms with E-state index in [1.165, 1.54) is 0 Å².